The second-order valence-corrected chi connectivity index (χ2v) is 7.20. The number of halogens is 2. The molecule has 3 heteroatoms. The molecule has 1 fully saturated rings. The minimum absolute atomic E-state index is 0.388. The van der Waals surface area contributed by atoms with Crippen LogP contribution in [0.25, 0.3) is 0 Å². The normalized spacial score (nSPS) is 24.0. The molecular weight excluding hydrogens is 301 g/mol. The van der Waals surface area contributed by atoms with Gasteiger partial charge in [0.25, 0.3) is 0 Å². The first-order valence-corrected chi connectivity index (χ1v) is 9.09. The van der Waals surface area contributed by atoms with Gasteiger partial charge in [-0.15, -0.1) is 0 Å². The van der Waals surface area contributed by atoms with Gasteiger partial charge in [-0.2, -0.15) is 0 Å². The molecule has 0 spiro atoms. The number of nitrogens with one attached hydrogen (secondary N) is 1. The highest BCUT2D eigenvalue weighted by molar-refractivity contribution is 6.34. The van der Waals surface area contributed by atoms with Crippen molar-refractivity contribution in [2.45, 2.75) is 58.4 Å². The Morgan fingerprint density at radius 1 is 1.05 bits per heavy atom. The summed E-state index contributed by atoms with van der Waals surface area (Å²) in [5, 5.41) is 5.20. The summed E-state index contributed by atoms with van der Waals surface area (Å²) in [6, 6.07) is 6.36. The summed E-state index contributed by atoms with van der Waals surface area (Å²) in [5.41, 5.74) is 1.25. The Hall–Kier alpha value is -0.240. The first kappa shape index (κ1) is 17.1. The Morgan fingerprint density at radius 3 is 2.19 bits per heavy atom. The van der Waals surface area contributed by atoms with Gasteiger partial charge in [0, 0.05) is 16.1 Å². The Balaban J connectivity index is 2.14. The van der Waals surface area contributed by atoms with Crippen LogP contribution in [0.2, 0.25) is 10.0 Å². The third kappa shape index (κ3) is 4.87. The van der Waals surface area contributed by atoms with Crippen LogP contribution in [0.1, 0.15) is 64.0 Å². The van der Waals surface area contributed by atoms with Gasteiger partial charge in [0.05, 0.1) is 0 Å². The highest BCUT2D eigenvalue weighted by atomic mass is 35.5. The van der Waals surface area contributed by atoms with Crippen molar-refractivity contribution in [3.05, 3.63) is 33.8 Å². The lowest BCUT2D eigenvalue weighted by Gasteiger charge is -2.34. The van der Waals surface area contributed by atoms with E-state index in [1.54, 1.807) is 0 Å². The molecule has 0 saturated heterocycles. The number of rotatable bonds is 6. The molecule has 0 amide bonds. The maximum absolute atomic E-state index is 6.20. The van der Waals surface area contributed by atoms with Crippen molar-refractivity contribution in [1.82, 2.24) is 5.32 Å². The van der Waals surface area contributed by atoms with Gasteiger partial charge >= 0.3 is 0 Å². The second kappa shape index (κ2) is 8.41. The molecule has 2 rings (SSSR count). The van der Waals surface area contributed by atoms with Crippen LogP contribution >= 0.6 is 23.2 Å². The molecule has 0 aromatic heterocycles. The predicted octanol–water partition coefficient (Wildman–Crippen LogP) is 6.25. The lowest BCUT2D eigenvalue weighted by Crippen LogP contribution is -2.31. The van der Waals surface area contributed by atoms with E-state index in [1.165, 1.54) is 37.7 Å². The second-order valence-electron chi connectivity index (χ2n) is 6.32. The van der Waals surface area contributed by atoms with Crippen LogP contribution in [-0.2, 0) is 0 Å². The molecular formula is C18H27Cl2N. The van der Waals surface area contributed by atoms with Crippen molar-refractivity contribution in [3.63, 3.8) is 0 Å². The summed E-state index contributed by atoms with van der Waals surface area (Å²) < 4.78 is 0. The summed E-state index contributed by atoms with van der Waals surface area (Å²) in [4.78, 5) is 0. The largest absolute Gasteiger partial charge is 0.310 e. The molecule has 1 saturated carbocycles. The molecule has 0 aliphatic heterocycles. The zero-order chi connectivity index (χ0) is 15.2. The molecule has 1 aliphatic carbocycles. The van der Waals surface area contributed by atoms with Gasteiger partial charge in [-0.3, -0.25) is 0 Å². The Kier molecular flexibility index (Phi) is 6.85. The van der Waals surface area contributed by atoms with E-state index in [1.807, 2.05) is 6.07 Å². The van der Waals surface area contributed by atoms with Crippen LogP contribution in [0.3, 0.4) is 0 Å². The van der Waals surface area contributed by atoms with Crippen LogP contribution in [0.5, 0.6) is 0 Å². The lowest BCUT2D eigenvalue weighted by molar-refractivity contribution is 0.219. The smallest absolute Gasteiger partial charge is 0.0424 e. The standard InChI is InChI=1S/C18H27Cl2N/c1-3-9-21-18(14-7-5-13(4-2)6-8-14)15-10-16(19)12-17(20)11-15/h10-14,18,21H,3-9H2,1-2H3. The summed E-state index contributed by atoms with van der Waals surface area (Å²) in [6.07, 6.45) is 7.81. The average molecular weight is 328 g/mol. The molecule has 1 aromatic carbocycles. The minimum Gasteiger partial charge on any atom is -0.310 e. The van der Waals surface area contributed by atoms with Gasteiger partial charge in [0.2, 0.25) is 0 Å². The zero-order valence-corrected chi connectivity index (χ0v) is 14.7. The van der Waals surface area contributed by atoms with Gasteiger partial charge in [0.15, 0.2) is 0 Å². The van der Waals surface area contributed by atoms with Crippen molar-refractivity contribution in [2.24, 2.45) is 11.8 Å². The van der Waals surface area contributed by atoms with E-state index >= 15 is 0 Å². The van der Waals surface area contributed by atoms with Crippen molar-refractivity contribution in [1.29, 1.82) is 0 Å². The molecule has 1 aliphatic rings. The Morgan fingerprint density at radius 2 is 1.67 bits per heavy atom. The fraction of sp³-hybridized carbons (Fsp3) is 0.667. The van der Waals surface area contributed by atoms with E-state index in [-0.39, 0.29) is 0 Å². The van der Waals surface area contributed by atoms with Gasteiger partial charge in [-0.25, -0.2) is 0 Å². The van der Waals surface area contributed by atoms with E-state index in [4.69, 9.17) is 23.2 Å². The fourth-order valence-corrected chi connectivity index (χ4v) is 4.08. The predicted molar refractivity (Wildman–Crippen MR) is 93.2 cm³/mol. The van der Waals surface area contributed by atoms with Crippen LogP contribution < -0.4 is 5.32 Å². The maximum Gasteiger partial charge on any atom is 0.0424 e. The molecule has 0 radical (unpaired) electrons. The number of hydrogen-bond donors (Lipinski definition) is 1. The Bertz CT molecular complexity index is 419. The summed E-state index contributed by atoms with van der Waals surface area (Å²) in [6.45, 7) is 5.57. The van der Waals surface area contributed by atoms with Crippen LogP contribution in [0, 0.1) is 11.8 Å². The molecule has 0 heterocycles. The molecule has 1 atom stereocenters. The molecule has 1 aromatic rings. The lowest BCUT2D eigenvalue weighted by atomic mass is 9.76. The van der Waals surface area contributed by atoms with Crippen LogP contribution in [0.4, 0.5) is 0 Å². The molecule has 1 unspecified atom stereocenters. The van der Waals surface area contributed by atoms with Crippen LogP contribution in [0.15, 0.2) is 18.2 Å². The topological polar surface area (TPSA) is 12.0 Å². The number of benzene rings is 1. The summed E-state index contributed by atoms with van der Waals surface area (Å²) in [5.74, 6) is 1.63. The van der Waals surface area contributed by atoms with E-state index in [9.17, 15) is 0 Å². The van der Waals surface area contributed by atoms with Gasteiger partial charge in [-0.05, 0) is 61.4 Å². The monoisotopic (exact) mass is 327 g/mol. The maximum atomic E-state index is 6.20. The minimum atomic E-state index is 0.388. The summed E-state index contributed by atoms with van der Waals surface area (Å²) >= 11 is 12.4. The third-order valence-corrected chi connectivity index (χ3v) is 5.23. The van der Waals surface area contributed by atoms with Gasteiger partial charge in [0.1, 0.15) is 0 Å². The zero-order valence-electron chi connectivity index (χ0n) is 13.2. The summed E-state index contributed by atoms with van der Waals surface area (Å²) in [7, 11) is 0. The molecule has 118 valence electrons. The highest BCUT2D eigenvalue weighted by Crippen LogP contribution is 2.39. The third-order valence-electron chi connectivity index (χ3n) is 4.80. The van der Waals surface area contributed by atoms with Crippen molar-refractivity contribution < 1.29 is 0 Å². The Labute approximate surface area is 139 Å². The van der Waals surface area contributed by atoms with E-state index in [0.717, 1.165) is 28.9 Å². The van der Waals surface area contributed by atoms with Crippen molar-refractivity contribution >= 4 is 23.2 Å². The van der Waals surface area contributed by atoms with Gasteiger partial charge < -0.3 is 5.32 Å². The number of hydrogen-bond acceptors (Lipinski definition) is 1. The molecule has 0 bridgehead atoms. The van der Waals surface area contributed by atoms with Gasteiger partial charge in [-0.1, -0.05) is 56.3 Å². The van der Waals surface area contributed by atoms with Crippen LogP contribution in [-0.4, -0.2) is 6.54 Å². The first-order chi connectivity index (χ1) is 10.1. The SMILES string of the molecule is CCCNC(c1cc(Cl)cc(Cl)c1)C1CCC(CC)CC1. The molecule has 1 nitrogen and oxygen atoms in total. The van der Waals surface area contributed by atoms with E-state index in [2.05, 4.69) is 31.3 Å². The highest BCUT2D eigenvalue weighted by Gasteiger charge is 2.28. The fourth-order valence-electron chi connectivity index (χ4n) is 3.54. The molecule has 1 N–H and O–H groups in total. The quantitative estimate of drug-likeness (QED) is 0.651. The van der Waals surface area contributed by atoms with Crippen molar-refractivity contribution in [2.75, 3.05) is 6.54 Å². The average Bonchev–Trinajstić information content (AvgIpc) is 2.47. The molecule has 21 heavy (non-hydrogen) atoms. The van der Waals surface area contributed by atoms with E-state index < -0.39 is 0 Å². The van der Waals surface area contributed by atoms with Crippen molar-refractivity contribution in [3.8, 4) is 0 Å². The van der Waals surface area contributed by atoms with E-state index in [0.29, 0.717) is 12.0 Å². The first-order valence-electron chi connectivity index (χ1n) is 8.33.